The number of fused-ring (bicyclic) bond motifs is 2. The molecular formula is C23H16Cl2FK2N3O6S2. The Morgan fingerprint density at radius 3 is 2.00 bits per heavy atom. The Hall–Kier alpha value is -0.217. The van der Waals surface area contributed by atoms with Gasteiger partial charge in [0, 0.05) is 36.6 Å². The van der Waals surface area contributed by atoms with Crippen molar-refractivity contribution in [1.82, 2.24) is 0 Å². The van der Waals surface area contributed by atoms with Gasteiger partial charge < -0.3 is 27.1 Å². The summed E-state index contributed by atoms with van der Waals surface area (Å²) in [6.07, 6.45) is -1.07. The average molecular weight is 663 g/mol. The normalized spacial score (nSPS) is 11.0. The Labute approximate surface area is 326 Å². The number of anilines is 1. The molecular weight excluding hydrogens is 647 g/mol. The van der Waals surface area contributed by atoms with Crippen molar-refractivity contribution >= 4 is 95.6 Å². The molecule has 0 unspecified atom stereocenters. The topological polar surface area (TPSA) is 128 Å². The molecule has 194 valence electrons. The monoisotopic (exact) mass is 661 g/mol. The van der Waals surface area contributed by atoms with E-state index >= 15 is 0 Å². The van der Waals surface area contributed by atoms with Crippen LogP contribution < -0.4 is 113 Å². The zero-order valence-electron chi connectivity index (χ0n) is 21.6. The number of thiophene rings is 2. The molecule has 4 rings (SSSR count). The second-order valence-corrected chi connectivity index (χ2v) is 9.46. The third-order valence-corrected chi connectivity index (χ3v) is 7.46. The molecule has 0 amide bonds. The zero-order chi connectivity index (χ0) is 27.7. The van der Waals surface area contributed by atoms with Gasteiger partial charge in [0.15, 0.2) is 6.04 Å². The standard InChI is InChI=1S/C13H11ClN2O3S.C9H3ClFNS.CH2O3.2K.H/c1-6(17)11(13(18)19)16-8-3-4-9(15-2)12-10(8)7(14)5-20-12;1-12-7-3-2-6(11)8-5(10)4-13-9(7)8;2-1-4-3;;;/h3-6,11,16-17H,1H3,(H,18,19);2-4H;1,3H;;;/q;;;2*+1;-1/p-1/t6-,11+;;;;;/m0...../s1. The number of carbonyl (C=O) groups excluding carboxylic acids is 1. The number of aliphatic hydroxyl groups excluding tert-OH is 1. The van der Waals surface area contributed by atoms with E-state index in [2.05, 4.69) is 19.9 Å². The summed E-state index contributed by atoms with van der Waals surface area (Å²) in [5, 5.41) is 35.0. The van der Waals surface area contributed by atoms with Crippen LogP contribution in [0.1, 0.15) is 8.35 Å². The van der Waals surface area contributed by atoms with Crippen molar-refractivity contribution in [3.63, 3.8) is 0 Å². The van der Waals surface area contributed by atoms with Crippen molar-refractivity contribution in [3.05, 3.63) is 73.7 Å². The van der Waals surface area contributed by atoms with Gasteiger partial charge in [0.25, 0.3) is 6.47 Å². The van der Waals surface area contributed by atoms with Crippen LogP contribution >= 0.6 is 45.9 Å². The van der Waals surface area contributed by atoms with E-state index in [0.29, 0.717) is 47.3 Å². The number of hydrogen-bond acceptors (Lipinski definition) is 8. The van der Waals surface area contributed by atoms with Crippen molar-refractivity contribution < 1.29 is 139 Å². The third-order valence-electron chi connectivity index (χ3n) is 4.60. The SMILES string of the molecule is O=CO[O-].[C-]#[N+]c1ccc(F)c2c(Cl)csc12.[C-]#[N+]c1ccc(N[C@@H](C(=O)O)[C@H](C)O)c2c(Cl)csc12.[H-].[K+].[K+]. The first-order valence-electron chi connectivity index (χ1n) is 9.80. The van der Waals surface area contributed by atoms with Crippen LogP contribution in [0, 0.1) is 19.0 Å². The first-order chi connectivity index (χ1) is 17.6. The number of hydrogen-bond donors (Lipinski definition) is 3. The summed E-state index contributed by atoms with van der Waals surface area (Å²) < 4.78 is 14.5. The van der Waals surface area contributed by atoms with Crippen LogP contribution in [-0.4, -0.2) is 34.8 Å². The molecule has 4 aromatic rings. The number of carbonyl (C=O) groups is 2. The number of nitrogens with zero attached hydrogens (tertiary/aromatic N) is 2. The second kappa shape index (κ2) is 19.1. The molecule has 9 nitrogen and oxygen atoms in total. The van der Waals surface area contributed by atoms with Crippen LogP contribution in [0.2, 0.25) is 10.0 Å². The molecule has 2 atom stereocenters. The van der Waals surface area contributed by atoms with Crippen molar-refractivity contribution in [2.45, 2.75) is 19.1 Å². The number of aliphatic carboxylic acids is 1. The summed E-state index contributed by atoms with van der Waals surface area (Å²) in [5.41, 5.74) is 1.41. The summed E-state index contributed by atoms with van der Waals surface area (Å²) in [4.78, 5) is 29.1. The van der Waals surface area contributed by atoms with E-state index in [1.54, 1.807) is 22.9 Å². The van der Waals surface area contributed by atoms with E-state index < -0.39 is 18.1 Å². The third kappa shape index (κ3) is 10.2. The van der Waals surface area contributed by atoms with E-state index in [4.69, 9.17) is 51.5 Å². The molecule has 0 aliphatic heterocycles. The van der Waals surface area contributed by atoms with Crippen molar-refractivity contribution in [3.8, 4) is 0 Å². The molecule has 2 aromatic heterocycles. The van der Waals surface area contributed by atoms with Crippen LogP contribution in [0.25, 0.3) is 29.9 Å². The summed E-state index contributed by atoms with van der Waals surface area (Å²) in [7, 11) is 0. The number of carboxylic acids is 1. The minimum Gasteiger partial charge on any atom is -1.00 e. The Morgan fingerprint density at radius 2 is 1.56 bits per heavy atom. The molecule has 39 heavy (non-hydrogen) atoms. The van der Waals surface area contributed by atoms with Gasteiger partial charge in [0.05, 0.1) is 29.3 Å². The second-order valence-electron chi connectivity index (χ2n) is 6.89. The van der Waals surface area contributed by atoms with Gasteiger partial charge in [-0.25, -0.2) is 18.9 Å². The molecule has 0 spiro atoms. The van der Waals surface area contributed by atoms with Crippen LogP contribution in [0.3, 0.4) is 0 Å². The fraction of sp³-hybridized carbons (Fsp3) is 0.130. The smallest absolute Gasteiger partial charge is 1.00 e. The predicted molar refractivity (Wildman–Crippen MR) is 141 cm³/mol. The van der Waals surface area contributed by atoms with E-state index in [1.165, 1.54) is 41.7 Å². The minimum atomic E-state index is -1.16. The van der Waals surface area contributed by atoms with E-state index in [9.17, 15) is 14.3 Å². The maximum absolute atomic E-state index is 13.2. The largest absolute Gasteiger partial charge is 1.00 e. The van der Waals surface area contributed by atoms with Crippen LogP contribution in [0.4, 0.5) is 21.5 Å². The Morgan fingerprint density at radius 1 is 1.10 bits per heavy atom. The van der Waals surface area contributed by atoms with E-state index in [-0.39, 0.29) is 116 Å². The summed E-state index contributed by atoms with van der Waals surface area (Å²) >= 11 is 14.5. The van der Waals surface area contributed by atoms with Gasteiger partial charge in [0.1, 0.15) is 5.82 Å². The minimum absolute atomic E-state index is 0. The van der Waals surface area contributed by atoms with Gasteiger partial charge in [-0.3, -0.25) is 4.79 Å². The predicted octanol–water partition coefficient (Wildman–Crippen LogP) is 0.151. The molecule has 0 aliphatic rings. The molecule has 16 heteroatoms. The molecule has 0 saturated heterocycles. The van der Waals surface area contributed by atoms with E-state index in [1.807, 2.05) is 0 Å². The summed E-state index contributed by atoms with van der Waals surface area (Å²) in [6, 6.07) is 4.80. The fourth-order valence-electron chi connectivity index (χ4n) is 3.01. The molecule has 0 radical (unpaired) electrons. The molecule has 0 saturated carbocycles. The van der Waals surface area contributed by atoms with E-state index in [0.717, 1.165) is 0 Å². The summed E-state index contributed by atoms with van der Waals surface area (Å²) in [6.45, 7) is 15.2. The molecule has 0 fully saturated rings. The quantitative estimate of drug-likeness (QED) is 0.0914. The molecule has 0 bridgehead atoms. The first-order valence-corrected chi connectivity index (χ1v) is 12.3. The molecule has 3 N–H and O–H groups in total. The fourth-order valence-corrected chi connectivity index (χ4v) is 5.58. The van der Waals surface area contributed by atoms with Crippen LogP contribution in [-0.2, 0) is 14.5 Å². The first kappa shape index (κ1) is 38.8. The Kier molecular flexibility index (Phi) is 19.0. The average Bonchev–Trinajstić information content (AvgIpc) is 3.47. The zero-order valence-corrected chi connectivity index (χ0v) is 30.0. The van der Waals surface area contributed by atoms with Gasteiger partial charge >= 0.3 is 109 Å². The van der Waals surface area contributed by atoms with Crippen molar-refractivity contribution in [1.29, 1.82) is 0 Å². The number of halogens is 3. The number of rotatable bonds is 5. The van der Waals surface area contributed by atoms with Crippen LogP contribution in [0.15, 0.2) is 35.0 Å². The van der Waals surface area contributed by atoms with Gasteiger partial charge in [-0.2, -0.15) is 22.7 Å². The molecule has 0 aliphatic carbocycles. The van der Waals surface area contributed by atoms with Crippen molar-refractivity contribution in [2.75, 3.05) is 5.32 Å². The number of nitrogens with one attached hydrogen (secondary N) is 1. The Balaban J connectivity index is 0. The van der Waals surface area contributed by atoms with Gasteiger partial charge in [-0.15, -0.1) is 0 Å². The Bertz CT molecular complexity index is 1530. The van der Waals surface area contributed by atoms with Crippen LogP contribution in [0.5, 0.6) is 0 Å². The van der Waals surface area contributed by atoms with Gasteiger partial charge in [-0.05, 0) is 19.1 Å². The maximum atomic E-state index is 13.2. The van der Waals surface area contributed by atoms with Crippen molar-refractivity contribution in [2.24, 2.45) is 0 Å². The molecule has 2 heterocycles. The maximum Gasteiger partial charge on any atom is 1.00 e. The number of benzene rings is 2. The number of aliphatic hydroxyl groups is 1. The molecule has 2 aromatic carbocycles. The van der Waals surface area contributed by atoms with Gasteiger partial charge in [0.2, 0.25) is 11.4 Å². The van der Waals surface area contributed by atoms with Gasteiger partial charge in [-0.1, -0.05) is 35.3 Å². The number of carboxylic acid groups (broad SMARTS) is 1. The summed E-state index contributed by atoms with van der Waals surface area (Å²) in [5.74, 6) is -1.53.